The van der Waals surface area contributed by atoms with E-state index in [1.54, 1.807) is 15.8 Å². The monoisotopic (exact) mass is 421 g/mol. The number of benzene rings is 1. The molecule has 3 heterocycles. The first-order chi connectivity index (χ1) is 15.1. The second-order valence-corrected chi connectivity index (χ2v) is 7.29. The van der Waals surface area contributed by atoms with Crippen molar-refractivity contribution < 1.29 is 4.79 Å². The number of rotatable bonds is 7. The van der Waals surface area contributed by atoms with Crippen molar-refractivity contribution in [1.82, 2.24) is 30.3 Å². The maximum Gasteiger partial charge on any atom is 0.263 e. The molecular weight excluding hydrogens is 394 g/mol. The normalized spacial score (nSPS) is 13.8. The summed E-state index contributed by atoms with van der Waals surface area (Å²) in [6.07, 6.45) is 3.50. The van der Waals surface area contributed by atoms with E-state index in [0.717, 1.165) is 23.6 Å². The van der Waals surface area contributed by atoms with Crippen molar-refractivity contribution in [3.05, 3.63) is 47.9 Å². The van der Waals surface area contributed by atoms with E-state index in [4.69, 9.17) is 0 Å². The van der Waals surface area contributed by atoms with E-state index < -0.39 is 0 Å². The molecule has 10 heteroatoms. The summed E-state index contributed by atoms with van der Waals surface area (Å²) in [5.74, 6) is 1.04. The van der Waals surface area contributed by atoms with E-state index in [-0.39, 0.29) is 5.91 Å². The second kappa shape index (κ2) is 9.09. The quantitative estimate of drug-likeness (QED) is 0.594. The summed E-state index contributed by atoms with van der Waals surface area (Å²) < 4.78 is 1.73. The van der Waals surface area contributed by atoms with E-state index in [9.17, 15) is 4.79 Å². The molecule has 0 fully saturated rings. The number of anilines is 3. The minimum absolute atomic E-state index is 0.119. The second-order valence-electron chi connectivity index (χ2n) is 7.29. The molecule has 0 saturated carbocycles. The number of aromatic nitrogens is 5. The van der Waals surface area contributed by atoms with Crippen molar-refractivity contribution in [3.8, 4) is 5.69 Å². The number of nitrogens with one attached hydrogen (secondary N) is 2. The summed E-state index contributed by atoms with van der Waals surface area (Å²) in [7, 11) is 1.94. The van der Waals surface area contributed by atoms with E-state index >= 15 is 0 Å². The van der Waals surface area contributed by atoms with Gasteiger partial charge < -0.3 is 20.4 Å². The molecule has 1 aliphatic heterocycles. The Morgan fingerprint density at radius 3 is 2.77 bits per heavy atom. The largest absolute Gasteiger partial charge is 0.357 e. The summed E-state index contributed by atoms with van der Waals surface area (Å²) in [6.45, 7) is 7.48. The van der Waals surface area contributed by atoms with Crippen LogP contribution in [0.1, 0.15) is 29.9 Å². The molecule has 162 valence electrons. The van der Waals surface area contributed by atoms with Gasteiger partial charge in [0.2, 0.25) is 5.95 Å². The van der Waals surface area contributed by atoms with Crippen molar-refractivity contribution in [2.45, 2.75) is 20.4 Å². The molecule has 2 aromatic heterocycles. The molecule has 1 aliphatic rings. The van der Waals surface area contributed by atoms with Crippen LogP contribution in [-0.2, 0) is 6.54 Å². The van der Waals surface area contributed by atoms with Crippen LogP contribution in [-0.4, -0.2) is 64.1 Å². The Morgan fingerprint density at radius 1 is 1.13 bits per heavy atom. The number of likely N-dealkylation sites (N-methyl/N-ethyl adjacent to an activating group) is 1. The van der Waals surface area contributed by atoms with Crippen LogP contribution in [0.2, 0.25) is 0 Å². The third-order valence-electron chi connectivity index (χ3n) is 5.10. The van der Waals surface area contributed by atoms with Crippen LogP contribution in [0.3, 0.4) is 0 Å². The molecule has 31 heavy (non-hydrogen) atoms. The molecule has 3 aromatic rings. The highest BCUT2D eigenvalue weighted by atomic mass is 16.2. The fraction of sp³-hybridized carbons (Fsp3) is 0.381. The number of fused-ring (bicyclic) bond motifs is 1. The minimum atomic E-state index is -0.119. The molecule has 0 radical (unpaired) electrons. The summed E-state index contributed by atoms with van der Waals surface area (Å²) in [5.41, 5.74) is 2.99. The molecule has 0 atom stereocenters. The fourth-order valence-electron chi connectivity index (χ4n) is 3.47. The average molecular weight is 422 g/mol. The van der Waals surface area contributed by atoms with Crippen molar-refractivity contribution in [2.24, 2.45) is 0 Å². The highest BCUT2D eigenvalue weighted by Gasteiger charge is 2.28. The number of hydrogen-bond acceptors (Lipinski definition) is 8. The van der Waals surface area contributed by atoms with Gasteiger partial charge >= 0.3 is 0 Å². The highest BCUT2D eigenvalue weighted by molar-refractivity contribution is 6.09. The molecule has 0 spiro atoms. The van der Waals surface area contributed by atoms with Gasteiger partial charge in [-0.1, -0.05) is 18.2 Å². The van der Waals surface area contributed by atoms with Crippen molar-refractivity contribution >= 4 is 23.4 Å². The van der Waals surface area contributed by atoms with Gasteiger partial charge in [-0.25, -0.2) is 9.67 Å². The minimum Gasteiger partial charge on any atom is -0.357 e. The topological polar surface area (TPSA) is 104 Å². The van der Waals surface area contributed by atoms with Gasteiger partial charge in [0.15, 0.2) is 0 Å². The lowest BCUT2D eigenvalue weighted by Gasteiger charge is -2.21. The summed E-state index contributed by atoms with van der Waals surface area (Å²) in [5, 5.41) is 14.8. The van der Waals surface area contributed by atoms with Crippen molar-refractivity contribution in [2.75, 3.05) is 48.3 Å². The maximum absolute atomic E-state index is 13.4. The summed E-state index contributed by atoms with van der Waals surface area (Å²) >= 11 is 0. The van der Waals surface area contributed by atoms with Crippen LogP contribution in [0.15, 0.2) is 36.7 Å². The summed E-state index contributed by atoms with van der Waals surface area (Å²) in [4.78, 5) is 26.0. The zero-order valence-electron chi connectivity index (χ0n) is 18.0. The lowest BCUT2D eigenvalue weighted by Crippen LogP contribution is -2.33. The first-order valence-electron chi connectivity index (χ1n) is 10.5. The van der Waals surface area contributed by atoms with Gasteiger partial charge in [0.1, 0.15) is 11.4 Å². The van der Waals surface area contributed by atoms with Gasteiger partial charge in [-0.2, -0.15) is 4.98 Å². The van der Waals surface area contributed by atoms with Gasteiger partial charge in [-0.3, -0.25) is 4.79 Å². The van der Waals surface area contributed by atoms with E-state index in [0.29, 0.717) is 43.5 Å². The molecule has 0 aliphatic carbocycles. The number of hydrogen-bond donors (Lipinski definition) is 2. The molecule has 1 amide bonds. The predicted octanol–water partition coefficient (Wildman–Crippen LogP) is 1.70. The van der Waals surface area contributed by atoms with E-state index in [1.807, 2.05) is 56.3 Å². The predicted molar refractivity (Wildman–Crippen MR) is 120 cm³/mol. The van der Waals surface area contributed by atoms with Crippen LogP contribution in [0.4, 0.5) is 17.5 Å². The molecule has 2 N–H and O–H groups in total. The first-order valence-corrected chi connectivity index (χ1v) is 10.5. The van der Waals surface area contributed by atoms with Gasteiger partial charge in [-0.15, -0.1) is 5.10 Å². The molecule has 0 saturated heterocycles. The van der Waals surface area contributed by atoms with Gasteiger partial charge in [0, 0.05) is 45.1 Å². The molecule has 10 nitrogen and oxygen atoms in total. The SMILES string of the molecule is CCNCc1cn(-c2cccc(N3CCN(C)c4nc(NCC)ncc4C3=O)c2)nn1. The van der Waals surface area contributed by atoms with Crippen LogP contribution < -0.4 is 20.4 Å². The third kappa shape index (κ3) is 4.33. The molecule has 4 rings (SSSR count). The number of amides is 1. The first kappa shape index (κ1) is 20.7. The third-order valence-corrected chi connectivity index (χ3v) is 5.10. The Bertz CT molecular complexity index is 1060. The zero-order chi connectivity index (χ0) is 21.8. The number of carbonyl (C=O) groups is 1. The highest BCUT2D eigenvalue weighted by Crippen LogP contribution is 2.27. The van der Waals surface area contributed by atoms with Crippen LogP contribution in [0.5, 0.6) is 0 Å². The lowest BCUT2D eigenvalue weighted by molar-refractivity contribution is 0.0989. The smallest absolute Gasteiger partial charge is 0.263 e. The zero-order valence-corrected chi connectivity index (χ0v) is 18.0. The Balaban J connectivity index is 1.63. The number of nitrogens with zero attached hydrogens (tertiary/aromatic N) is 7. The lowest BCUT2D eigenvalue weighted by atomic mass is 10.2. The molecule has 0 unspecified atom stereocenters. The van der Waals surface area contributed by atoms with Gasteiger partial charge in [-0.05, 0) is 31.7 Å². The Morgan fingerprint density at radius 2 is 1.97 bits per heavy atom. The molecular formula is C21H27N9O. The van der Waals surface area contributed by atoms with Crippen molar-refractivity contribution in [1.29, 1.82) is 0 Å². The molecule has 1 aromatic carbocycles. The van der Waals surface area contributed by atoms with Crippen LogP contribution in [0, 0.1) is 0 Å². The standard InChI is InChI=1S/C21H27N9O/c1-4-22-12-15-14-30(27-26-15)17-8-6-7-16(11-17)29-10-9-28(3)19-18(20(29)31)13-24-21(25-19)23-5-2/h6-8,11,13-14,22H,4-5,9-10,12H2,1-3H3,(H,23,24,25). The Kier molecular flexibility index (Phi) is 6.08. The van der Waals surface area contributed by atoms with E-state index in [2.05, 4.69) is 30.9 Å². The summed E-state index contributed by atoms with van der Waals surface area (Å²) in [6, 6.07) is 7.74. The van der Waals surface area contributed by atoms with Crippen LogP contribution >= 0.6 is 0 Å². The maximum atomic E-state index is 13.4. The molecule has 0 bridgehead atoms. The fourth-order valence-corrected chi connectivity index (χ4v) is 3.47. The van der Waals surface area contributed by atoms with Gasteiger partial charge in [0.05, 0.1) is 17.6 Å². The Labute approximate surface area is 181 Å². The Hall–Kier alpha value is -3.53. The van der Waals surface area contributed by atoms with Crippen molar-refractivity contribution in [3.63, 3.8) is 0 Å². The van der Waals surface area contributed by atoms with Gasteiger partial charge in [0.25, 0.3) is 5.91 Å². The van der Waals surface area contributed by atoms with E-state index in [1.165, 1.54) is 0 Å². The average Bonchev–Trinajstić information content (AvgIpc) is 3.22. The van der Waals surface area contributed by atoms with Crippen LogP contribution in [0.25, 0.3) is 5.69 Å². The number of carbonyl (C=O) groups excluding carboxylic acids is 1.